The van der Waals surface area contributed by atoms with Crippen LogP contribution in [-0.2, 0) is 12.8 Å². The van der Waals surface area contributed by atoms with E-state index < -0.39 is 6.16 Å². The molecule has 3 nitrogen and oxygen atoms in total. The predicted octanol–water partition coefficient (Wildman–Crippen LogP) is 4.27. The first kappa shape index (κ1) is 12.2. The lowest BCUT2D eigenvalue weighted by Crippen LogP contribution is -2.07. The topological polar surface area (TPSA) is 46.5 Å². The number of hydrogen-bond acceptors (Lipinski definition) is 2. The molecule has 0 spiro atoms. The molecule has 3 rings (SSSR count). The van der Waals surface area contributed by atoms with Crippen molar-refractivity contribution in [2.24, 2.45) is 0 Å². The van der Waals surface area contributed by atoms with E-state index in [4.69, 9.17) is 9.84 Å². The highest BCUT2D eigenvalue weighted by atomic mass is 79.9. The molecule has 1 aliphatic carbocycles. The molecule has 0 aliphatic heterocycles. The van der Waals surface area contributed by atoms with Crippen LogP contribution in [0.4, 0.5) is 4.79 Å². The Morgan fingerprint density at radius 2 is 1.68 bits per heavy atom. The summed E-state index contributed by atoms with van der Waals surface area (Å²) >= 11 is 3.48. The van der Waals surface area contributed by atoms with Crippen molar-refractivity contribution >= 4 is 22.1 Å². The summed E-state index contributed by atoms with van der Waals surface area (Å²) in [6, 6.07) is 11.7. The minimum Gasteiger partial charge on any atom is -0.449 e. The Morgan fingerprint density at radius 3 is 2.37 bits per heavy atom. The molecule has 19 heavy (non-hydrogen) atoms. The van der Waals surface area contributed by atoms with E-state index in [1.807, 2.05) is 18.2 Å². The molecular formula is C15H11BrO3. The second-order valence-electron chi connectivity index (χ2n) is 4.49. The SMILES string of the molecule is O=C(O)Oc1ccc2c(c1)CCc1cc(Br)ccc1-2. The number of halogens is 1. The Balaban J connectivity index is 2.05. The lowest BCUT2D eigenvalue weighted by Gasteiger charge is -2.20. The number of aryl methyl sites for hydroxylation is 2. The van der Waals surface area contributed by atoms with Crippen molar-refractivity contribution in [1.29, 1.82) is 0 Å². The third-order valence-electron chi connectivity index (χ3n) is 3.30. The Kier molecular flexibility index (Phi) is 3.03. The van der Waals surface area contributed by atoms with Gasteiger partial charge in [-0.1, -0.05) is 28.1 Å². The average Bonchev–Trinajstić information content (AvgIpc) is 2.37. The van der Waals surface area contributed by atoms with Gasteiger partial charge in [-0.05, 0) is 59.4 Å². The van der Waals surface area contributed by atoms with Gasteiger partial charge < -0.3 is 9.84 Å². The summed E-state index contributed by atoms with van der Waals surface area (Å²) < 4.78 is 5.78. The summed E-state index contributed by atoms with van der Waals surface area (Å²) in [5, 5.41) is 8.63. The Labute approximate surface area is 119 Å². The number of hydrogen-bond donors (Lipinski definition) is 1. The average molecular weight is 319 g/mol. The predicted molar refractivity (Wildman–Crippen MR) is 75.6 cm³/mol. The summed E-state index contributed by atoms with van der Waals surface area (Å²) in [6.07, 6.45) is 0.577. The van der Waals surface area contributed by atoms with E-state index in [-0.39, 0.29) is 0 Å². The summed E-state index contributed by atoms with van der Waals surface area (Å²) in [7, 11) is 0. The lowest BCUT2D eigenvalue weighted by atomic mass is 9.85. The van der Waals surface area contributed by atoms with Crippen LogP contribution in [0, 0.1) is 0 Å². The molecule has 1 aliphatic rings. The van der Waals surface area contributed by atoms with Gasteiger partial charge in [-0.25, -0.2) is 4.79 Å². The van der Waals surface area contributed by atoms with Gasteiger partial charge >= 0.3 is 6.16 Å². The number of carbonyl (C=O) groups is 1. The van der Waals surface area contributed by atoms with E-state index in [1.54, 1.807) is 6.07 Å². The van der Waals surface area contributed by atoms with Crippen molar-refractivity contribution in [3.05, 3.63) is 52.0 Å². The zero-order chi connectivity index (χ0) is 13.4. The molecule has 4 heteroatoms. The van der Waals surface area contributed by atoms with Gasteiger partial charge in [0.1, 0.15) is 5.75 Å². The Hall–Kier alpha value is -1.81. The normalized spacial score (nSPS) is 12.5. The first-order chi connectivity index (χ1) is 9.13. The van der Waals surface area contributed by atoms with Crippen molar-refractivity contribution < 1.29 is 14.6 Å². The molecule has 0 fully saturated rings. The van der Waals surface area contributed by atoms with Crippen LogP contribution in [0.25, 0.3) is 11.1 Å². The van der Waals surface area contributed by atoms with Crippen LogP contribution in [0.3, 0.4) is 0 Å². The number of benzene rings is 2. The maximum atomic E-state index is 10.5. The van der Waals surface area contributed by atoms with Gasteiger partial charge in [-0.15, -0.1) is 0 Å². The lowest BCUT2D eigenvalue weighted by molar-refractivity contribution is 0.144. The van der Waals surface area contributed by atoms with Gasteiger partial charge in [-0.3, -0.25) is 0 Å². The van der Waals surface area contributed by atoms with Gasteiger partial charge in [0.25, 0.3) is 0 Å². The van der Waals surface area contributed by atoms with Crippen molar-refractivity contribution in [3.63, 3.8) is 0 Å². The van der Waals surface area contributed by atoms with Crippen molar-refractivity contribution in [1.82, 2.24) is 0 Å². The van der Waals surface area contributed by atoms with E-state index in [0.29, 0.717) is 5.75 Å². The van der Waals surface area contributed by atoms with Crippen LogP contribution in [0.1, 0.15) is 11.1 Å². The largest absolute Gasteiger partial charge is 0.511 e. The molecular weight excluding hydrogens is 308 g/mol. The molecule has 0 saturated heterocycles. The first-order valence-electron chi connectivity index (χ1n) is 5.96. The van der Waals surface area contributed by atoms with E-state index >= 15 is 0 Å². The molecule has 2 aromatic carbocycles. The van der Waals surface area contributed by atoms with Gasteiger partial charge in [0.2, 0.25) is 0 Å². The third kappa shape index (κ3) is 2.36. The summed E-state index contributed by atoms with van der Waals surface area (Å²) in [5.41, 5.74) is 4.82. The Bertz CT molecular complexity index is 664. The first-order valence-corrected chi connectivity index (χ1v) is 6.75. The van der Waals surface area contributed by atoms with Crippen LogP contribution in [0.5, 0.6) is 5.75 Å². The molecule has 0 saturated carbocycles. The van der Waals surface area contributed by atoms with Crippen LogP contribution < -0.4 is 4.74 Å². The van der Waals surface area contributed by atoms with Crippen molar-refractivity contribution in [3.8, 4) is 16.9 Å². The molecule has 0 radical (unpaired) electrons. The molecule has 0 bridgehead atoms. The smallest absolute Gasteiger partial charge is 0.449 e. The second-order valence-corrected chi connectivity index (χ2v) is 5.40. The number of carboxylic acid groups (broad SMARTS) is 1. The van der Waals surface area contributed by atoms with Crippen LogP contribution in [0.15, 0.2) is 40.9 Å². The molecule has 1 N–H and O–H groups in total. The standard InChI is InChI=1S/C15H11BrO3/c16-11-3-5-13-9(7-11)1-2-10-8-12(19-15(17)18)4-6-14(10)13/h3-8H,1-2H2,(H,17,18). The second kappa shape index (κ2) is 4.70. The molecule has 0 atom stereocenters. The number of fused-ring (bicyclic) bond motifs is 3. The molecule has 0 amide bonds. The molecule has 0 heterocycles. The third-order valence-corrected chi connectivity index (χ3v) is 3.80. The monoisotopic (exact) mass is 318 g/mol. The van der Waals surface area contributed by atoms with E-state index in [2.05, 4.69) is 28.1 Å². The molecule has 96 valence electrons. The number of ether oxygens (including phenoxy) is 1. The Morgan fingerprint density at radius 1 is 1.05 bits per heavy atom. The summed E-state index contributed by atoms with van der Waals surface area (Å²) in [4.78, 5) is 10.5. The maximum Gasteiger partial charge on any atom is 0.511 e. The highest BCUT2D eigenvalue weighted by molar-refractivity contribution is 9.10. The maximum absolute atomic E-state index is 10.5. The minimum absolute atomic E-state index is 0.381. The van der Waals surface area contributed by atoms with Gasteiger partial charge in [0, 0.05) is 4.47 Å². The van der Waals surface area contributed by atoms with Crippen LogP contribution in [0.2, 0.25) is 0 Å². The van der Waals surface area contributed by atoms with Crippen molar-refractivity contribution in [2.45, 2.75) is 12.8 Å². The summed E-state index contributed by atoms with van der Waals surface area (Å²) in [5.74, 6) is 0.381. The van der Waals surface area contributed by atoms with E-state index in [1.165, 1.54) is 11.1 Å². The van der Waals surface area contributed by atoms with Gasteiger partial charge in [0.15, 0.2) is 0 Å². The van der Waals surface area contributed by atoms with Gasteiger partial charge in [0.05, 0.1) is 0 Å². The van der Waals surface area contributed by atoms with E-state index in [9.17, 15) is 4.79 Å². The van der Waals surface area contributed by atoms with Gasteiger partial charge in [-0.2, -0.15) is 0 Å². The molecule has 0 unspecified atom stereocenters. The quantitative estimate of drug-likeness (QED) is 0.631. The molecule has 2 aromatic rings. The fourth-order valence-corrected chi connectivity index (χ4v) is 2.91. The zero-order valence-electron chi connectivity index (χ0n) is 10.0. The highest BCUT2D eigenvalue weighted by Crippen LogP contribution is 2.36. The van der Waals surface area contributed by atoms with E-state index in [0.717, 1.165) is 28.4 Å². The highest BCUT2D eigenvalue weighted by Gasteiger charge is 2.17. The van der Waals surface area contributed by atoms with Crippen molar-refractivity contribution in [2.75, 3.05) is 0 Å². The molecule has 0 aromatic heterocycles. The number of rotatable bonds is 1. The fraction of sp³-hybridized carbons (Fsp3) is 0.133. The fourth-order valence-electron chi connectivity index (χ4n) is 2.51. The van der Waals surface area contributed by atoms with Crippen LogP contribution in [-0.4, -0.2) is 11.3 Å². The zero-order valence-corrected chi connectivity index (χ0v) is 11.6. The van der Waals surface area contributed by atoms with Crippen LogP contribution >= 0.6 is 15.9 Å². The minimum atomic E-state index is -1.28. The summed E-state index contributed by atoms with van der Waals surface area (Å²) in [6.45, 7) is 0.